The van der Waals surface area contributed by atoms with Crippen molar-refractivity contribution in [2.75, 3.05) is 0 Å². The van der Waals surface area contributed by atoms with Crippen LogP contribution in [0.2, 0.25) is 0 Å². The van der Waals surface area contributed by atoms with Gasteiger partial charge in [0.15, 0.2) is 0 Å². The topological polar surface area (TPSA) is 24.9 Å². The van der Waals surface area contributed by atoms with Crippen molar-refractivity contribution in [2.45, 2.75) is 65.0 Å². The van der Waals surface area contributed by atoms with Gasteiger partial charge in [-0.3, -0.25) is 0 Å². The van der Waals surface area contributed by atoms with Gasteiger partial charge in [0, 0.05) is 23.4 Å². The van der Waals surface area contributed by atoms with Gasteiger partial charge in [0.05, 0.1) is 10.7 Å². The highest BCUT2D eigenvalue weighted by molar-refractivity contribution is 7.09. The third-order valence-electron chi connectivity index (χ3n) is 3.60. The largest absolute Gasteiger partial charge is 0.308 e. The van der Waals surface area contributed by atoms with Gasteiger partial charge in [-0.1, -0.05) is 34.1 Å². The van der Waals surface area contributed by atoms with Crippen LogP contribution >= 0.6 is 11.3 Å². The van der Waals surface area contributed by atoms with Crippen LogP contribution in [-0.4, -0.2) is 11.0 Å². The van der Waals surface area contributed by atoms with Crippen molar-refractivity contribution in [3.63, 3.8) is 0 Å². The molecule has 0 saturated heterocycles. The Bertz CT molecular complexity index is 365. The molecule has 2 atom stereocenters. The zero-order valence-electron chi connectivity index (χ0n) is 11.4. The molecule has 0 bridgehead atoms. The molecule has 2 nitrogen and oxygen atoms in total. The lowest BCUT2D eigenvalue weighted by atomic mass is 9.98. The van der Waals surface area contributed by atoms with Crippen molar-refractivity contribution in [1.29, 1.82) is 0 Å². The Hall–Kier alpha value is -0.410. The fourth-order valence-electron chi connectivity index (χ4n) is 2.42. The molecular formula is C14H24N2S. The summed E-state index contributed by atoms with van der Waals surface area (Å²) < 4.78 is 0. The van der Waals surface area contributed by atoms with E-state index in [4.69, 9.17) is 4.98 Å². The van der Waals surface area contributed by atoms with Crippen LogP contribution in [0.5, 0.6) is 0 Å². The van der Waals surface area contributed by atoms with Gasteiger partial charge in [0.1, 0.15) is 0 Å². The number of thiazole rings is 1. The maximum atomic E-state index is 4.72. The molecule has 0 amide bonds. The Kier molecular flexibility index (Phi) is 3.88. The molecule has 3 heteroatoms. The van der Waals surface area contributed by atoms with Crippen molar-refractivity contribution in [3.8, 4) is 0 Å². The Labute approximate surface area is 109 Å². The second kappa shape index (κ2) is 5.07. The molecule has 0 radical (unpaired) electrons. The molecule has 0 spiro atoms. The minimum atomic E-state index is 0.184. The first kappa shape index (κ1) is 13.0. The van der Waals surface area contributed by atoms with Gasteiger partial charge in [-0.05, 0) is 18.8 Å². The van der Waals surface area contributed by atoms with Crippen molar-refractivity contribution >= 4 is 11.3 Å². The van der Waals surface area contributed by atoms with E-state index >= 15 is 0 Å². The smallest absolute Gasteiger partial charge is 0.0982 e. The molecule has 0 aliphatic heterocycles. The Morgan fingerprint density at radius 3 is 2.71 bits per heavy atom. The maximum absolute atomic E-state index is 4.72. The first-order valence-electron chi connectivity index (χ1n) is 6.65. The lowest BCUT2D eigenvalue weighted by Gasteiger charge is -2.16. The second-order valence-electron chi connectivity index (χ2n) is 6.29. The molecule has 96 valence electrons. The second-order valence-corrected chi connectivity index (χ2v) is 7.15. The van der Waals surface area contributed by atoms with Crippen molar-refractivity contribution in [1.82, 2.24) is 10.3 Å². The summed E-state index contributed by atoms with van der Waals surface area (Å²) in [6.45, 7) is 9.96. The highest BCUT2D eigenvalue weighted by Crippen LogP contribution is 2.27. The molecule has 1 N–H and O–H groups in total. The van der Waals surface area contributed by atoms with Gasteiger partial charge in [-0.25, -0.2) is 4.98 Å². The molecule has 1 heterocycles. The Morgan fingerprint density at radius 2 is 2.18 bits per heavy atom. The van der Waals surface area contributed by atoms with Crippen LogP contribution in [0.1, 0.15) is 57.7 Å². The van der Waals surface area contributed by atoms with Crippen LogP contribution < -0.4 is 5.32 Å². The molecule has 1 aliphatic carbocycles. The molecule has 1 aromatic rings. The normalized spacial score (nSPS) is 25.4. The molecule has 17 heavy (non-hydrogen) atoms. The number of nitrogens with one attached hydrogen (secondary N) is 1. The van der Waals surface area contributed by atoms with E-state index in [9.17, 15) is 0 Å². The molecule has 0 aromatic carbocycles. The highest BCUT2D eigenvalue weighted by Gasteiger charge is 2.23. The summed E-state index contributed by atoms with van der Waals surface area (Å²) in [5.41, 5.74) is 1.39. The van der Waals surface area contributed by atoms with Crippen molar-refractivity contribution < 1.29 is 0 Å². The standard InChI is InChI=1S/C14H24N2S/c1-10-6-5-7-12(10)15-8-11-9-17-13(16-11)14(2,3)4/h9-10,12,15H,5-8H2,1-4H3. The molecule has 1 aliphatic rings. The zero-order chi connectivity index (χ0) is 12.5. The van der Waals surface area contributed by atoms with Gasteiger partial charge in [0.2, 0.25) is 0 Å². The number of rotatable bonds is 3. The lowest BCUT2D eigenvalue weighted by Crippen LogP contribution is -2.30. The summed E-state index contributed by atoms with van der Waals surface area (Å²) >= 11 is 1.79. The van der Waals surface area contributed by atoms with E-state index in [-0.39, 0.29) is 5.41 Å². The van der Waals surface area contributed by atoms with E-state index in [1.807, 2.05) is 0 Å². The van der Waals surface area contributed by atoms with E-state index in [2.05, 4.69) is 38.4 Å². The Morgan fingerprint density at radius 1 is 1.41 bits per heavy atom. The average molecular weight is 252 g/mol. The van der Waals surface area contributed by atoms with Crippen LogP contribution in [0, 0.1) is 5.92 Å². The number of aromatic nitrogens is 1. The van der Waals surface area contributed by atoms with E-state index < -0.39 is 0 Å². The molecule has 1 fully saturated rings. The fraction of sp³-hybridized carbons (Fsp3) is 0.786. The van der Waals surface area contributed by atoms with Crippen LogP contribution in [0.3, 0.4) is 0 Å². The van der Waals surface area contributed by atoms with Gasteiger partial charge in [0.25, 0.3) is 0 Å². The van der Waals surface area contributed by atoms with Crippen LogP contribution in [0.15, 0.2) is 5.38 Å². The minimum absolute atomic E-state index is 0.184. The third kappa shape index (κ3) is 3.29. The predicted molar refractivity (Wildman–Crippen MR) is 74.5 cm³/mol. The molecule has 1 saturated carbocycles. The van der Waals surface area contributed by atoms with Gasteiger partial charge in [-0.15, -0.1) is 11.3 Å². The van der Waals surface area contributed by atoms with E-state index in [0.29, 0.717) is 6.04 Å². The lowest BCUT2D eigenvalue weighted by molar-refractivity contribution is 0.423. The van der Waals surface area contributed by atoms with Crippen LogP contribution in [-0.2, 0) is 12.0 Å². The molecule has 1 aromatic heterocycles. The minimum Gasteiger partial charge on any atom is -0.308 e. The summed E-state index contributed by atoms with van der Waals surface area (Å²) in [7, 11) is 0. The monoisotopic (exact) mass is 252 g/mol. The van der Waals surface area contributed by atoms with E-state index in [1.54, 1.807) is 11.3 Å². The number of hydrogen-bond donors (Lipinski definition) is 1. The first-order chi connectivity index (χ1) is 7.97. The summed E-state index contributed by atoms with van der Waals surface area (Å²) in [5.74, 6) is 0.829. The third-order valence-corrected chi connectivity index (χ3v) is 4.92. The van der Waals surface area contributed by atoms with Crippen LogP contribution in [0.4, 0.5) is 0 Å². The van der Waals surface area contributed by atoms with Gasteiger partial charge in [-0.2, -0.15) is 0 Å². The Balaban J connectivity index is 1.89. The predicted octanol–water partition coefficient (Wildman–Crippen LogP) is 3.72. The zero-order valence-corrected chi connectivity index (χ0v) is 12.2. The molecule has 2 rings (SSSR count). The first-order valence-corrected chi connectivity index (χ1v) is 7.53. The van der Waals surface area contributed by atoms with Crippen molar-refractivity contribution in [2.24, 2.45) is 5.92 Å². The summed E-state index contributed by atoms with van der Waals surface area (Å²) in [4.78, 5) is 4.72. The highest BCUT2D eigenvalue weighted by atomic mass is 32.1. The molecular weight excluding hydrogens is 228 g/mol. The van der Waals surface area contributed by atoms with Crippen LogP contribution in [0.25, 0.3) is 0 Å². The average Bonchev–Trinajstić information content (AvgIpc) is 2.82. The summed E-state index contributed by atoms with van der Waals surface area (Å²) in [5, 5.41) is 7.10. The van der Waals surface area contributed by atoms with Gasteiger partial charge >= 0.3 is 0 Å². The quantitative estimate of drug-likeness (QED) is 0.887. The molecule has 2 unspecified atom stereocenters. The number of nitrogens with zero attached hydrogens (tertiary/aromatic N) is 1. The van der Waals surface area contributed by atoms with Crippen molar-refractivity contribution in [3.05, 3.63) is 16.1 Å². The summed E-state index contributed by atoms with van der Waals surface area (Å²) in [6.07, 6.45) is 4.09. The SMILES string of the molecule is CC1CCCC1NCc1csc(C(C)(C)C)n1. The van der Waals surface area contributed by atoms with E-state index in [1.165, 1.54) is 30.0 Å². The summed E-state index contributed by atoms with van der Waals surface area (Å²) in [6, 6.07) is 0.704. The maximum Gasteiger partial charge on any atom is 0.0982 e. The van der Waals surface area contributed by atoms with Gasteiger partial charge < -0.3 is 5.32 Å². The fourth-order valence-corrected chi connectivity index (χ4v) is 3.32. The number of hydrogen-bond acceptors (Lipinski definition) is 3. The van der Waals surface area contributed by atoms with E-state index in [0.717, 1.165) is 12.5 Å².